The zero-order chi connectivity index (χ0) is 20.2. The SMILES string of the molecule is CCNC(=NCC1CCN(CCOC)CC1)NCCc1ccc(OC)cc1Cl. The number of rotatable bonds is 10. The summed E-state index contributed by atoms with van der Waals surface area (Å²) in [6.07, 6.45) is 3.24. The Morgan fingerprint density at radius 3 is 2.68 bits per heavy atom. The predicted molar refractivity (Wildman–Crippen MR) is 117 cm³/mol. The number of hydrogen-bond donors (Lipinski definition) is 2. The van der Waals surface area contributed by atoms with Gasteiger partial charge in [-0.15, -0.1) is 0 Å². The highest BCUT2D eigenvalue weighted by Crippen LogP contribution is 2.22. The van der Waals surface area contributed by atoms with Gasteiger partial charge in [-0.05, 0) is 62.9 Å². The second-order valence-corrected chi connectivity index (χ2v) is 7.54. The third-order valence-electron chi connectivity index (χ3n) is 5.12. The van der Waals surface area contributed by atoms with Crippen molar-refractivity contribution in [3.63, 3.8) is 0 Å². The van der Waals surface area contributed by atoms with Crippen LogP contribution in [0.3, 0.4) is 0 Å². The molecule has 2 rings (SSSR count). The minimum Gasteiger partial charge on any atom is -0.497 e. The number of methoxy groups -OCH3 is 2. The van der Waals surface area contributed by atoms with E-state index in [1.54, 1.807) is 14.2 Å². The maximum absolute atomic E-state index is 6.33. The van der Waals surface area contributed by atoms with E-state index in [4.69, 9.17) is 26.1 Å². The largest absolute Gasteiger partial charge is 0.497 e. The molecule has 0 aromatic heterocycles. The van der Waals surface area contributed by atoms with Gasteiger partial charge in [0.2, 0.25) is 0 Å². The van der Waals surface area contributed by atoms with Crippen molar-refractivity contribution in [3.05, 3.63) is 28.8 Å². The van der Waals surface area contributed by atoms with Crippen LogP contribution < -0.4 is 15.4 Å². The molecule has 1 aromatic carbocycles. The van der Waals surface area contributed by atoms with E-state index in [1.165, 1.54) is 12.8 Å². The summed E-state index contributed by atoms with van der Waals surface area (Å²) in [7, 11) is 3.41. The van der Waals surface area contributed by atoms with Crippen molar-refractivity contribution in [3.8, 4) is 5.75 Å². The molecular weight excluding hydrogens is 376 g/mol. The van der Waals surface area contributed by atoms with Crippen LogP contribution in [0, 0.1) is 5.92 Å². The van der Waals surface area contributed by atoms with Gasteiger partial charge < -0.3 is 25.0 Å². The molecule has 1 fully saturated rings. The Balaban J connectivity index is 1.76. The fourth-order valence-electron chi connectivity index (χ4n) is 3.35. The molecule has 1 heterocycles. The van der Waals surface area contributed by atoms with Gasteiger partial charge in [-0.3, -0.25) is 4.99 Å². The zero-order valence-electron chi connectivity index (χ0n) is 17.5. The molecular formula is C21H35ClN4O2. The normalized spacial score (nSPS) is 16.2. The monoisotopic (exact) mass is 410 g/mol. The molecule has 2 N–H and O–H groups in total. The van der Waals surface area contributed by atoms with E-state index in [2.05, 4.69) is 22.5 Å². The first-order valence-electron chi connectivity index (χ1n) is 10.2. The van der Waals surface area contributed by atoms with Crippen LogP contribution in [0.5, 0.6) is 5.75 Å². The van der Waals surface area contributed by atoms with E-state index in [0.717, 1.165) is 74.6 Å². The van der Waals surface area contributed by atoms with Gasteiger partial charge in [0.1, 0.15) is 5.75 Å². The molecule has 158 valence electrons. The van der Waals surface area contributed by atoms with E-state index < -0.39 is 0 Å². The topological polar surface area (TPSA) is 58.1 Å². The standard InChI is InChI=1S/C21H35ClN4O2/c1-4-23-21(24-10-7-18-5-6-19(28-3)15-20(18)22)25-16-17-8-11-26(12-9-17)13-14-27-2/h5-6,15,17H,4,7-14,16H2,1-3H3,(H2,23,24,25). The number of halogens is 1. The van der Waals surface area contributed by atoms with Gasteiger partial charge in [0.05, 0.1) is 13.7 Å². The summed E-state index contributed by atoms with van der Waals surface area (Å²) in [5.74, 6) is 2.32. The Kier molecular flexibility index (Phi) is 10.5. The number of guanidine groups is 1. The van der Waals surface area contributed by atoms with Crippen molar-refractivity contribution in [2.24, 2.45) is 10.9 Å². The van der Waals surface area contributed by atoms with Crippen LogP contribution in [-0.2, 0) is 11.2 Å². The Labute approximate surface area is 174 Å². The molecule has 6 nitrogen and oxygen atoms in total. The minimum absolute atomic E-state index is 0.658. The van der Waals surface area contributed by atoms with E-state index in [0.29, 0.717) is 5.92 Å². The van der Waals surface area contributed by atoms with Crippen LogP contribution in [0.1, 0.15) is 25.3 Å². The number of benzene rings is 1. The van der Waals surface area contributed by atoms with Crippen LogP contribution in [-0.4, -0.2) is 71.0 Å². The van der Waals surface area contributed by atoms with Crippen molar-refractivity contribution in [2.75, 3.05) is 60.1 Å². The van der Waals surface area contributed by atoms with Gasteiger partial charge in [-0.25, -0.2) is 0 Å². The Bertz CT molecular complexity index is 604. The smallest absolute Gasteiger partial charge is 0.191 e. The average molecular weight is 411 g/mol. The number of likely N-dealkylation sites (tertiary alicyclic amines) is 1. The molecule has 0 amide bonds. The first-order valence-corrected chi connectivity index (χ1v) is 10.6. The number of ether oxygens (including phenoxy) is 2. The third-order valence-corrected chi connectivity index (χ3v) is 5.47. The lowest BCUT2D eigenvalue weighted by atomic mass is 9.97. The lowest BCUT2D eigenvalue weighted by molar-refractivity contribution is 0.121. The van der Waals surface area contributed by atoms with E-state index in [1.807, 2.05) is 18.2 Å². The van der Waals surface area contributed by atoms with Crippen molar-refractivity contribution >= 4 is 17.6 Å². The van der Waals surface area contributed by atoms with Crippen molar-refractivity contribution < 1.29 is 9.47 Å². The van der Waals surface area contributed by atoms with E-state index in [9.17, 15) is 0 Å². The summed E-state index contributed by atoms with van der Waals surface area (Å²) in [6, 6.07) is 5.82. The molecule has 0 radical (unpaired) electrons. The number of nitrogens with one attached hydrogen (secondary N) is 2. The average Bonchev–Trinajstić information content (AvgIpc) is 2.72. The van der Waals surface area contributed by atoms with Crippen LogP contribution in [0.15, 0.2) is 23.2 Å². The van der Waals surface area contributed by atoms with Crippen molar-refractivity contribution in [1.82, 2.24) is 15.5 Å². The fraction of sp³-hybridized carbons (Fsp3) is 0.667. The van der Waals surface area contributed by atoms with Gasteiger partial charge in [-0.1, -0.05) is 17.7 Å². The predicted octanol–water partition coefficient (Wildman–Crippen LogP) is 2.80. The quantitative estimate of drug-likeness (QED) is 0.459. The summed E-state index contributed by atoms with van der Waals surface area (Å²) in [5.41, 5.74) is 1.11. The van der Waals surface area contributed by atoms with Gasteiger partial charge in [0, 0.05) is 38.3 Å². The summed E-state index contributed by atoms with van der Waals surface area (Å²) in [5, 5.41) is 7.50. The van der Waals surface area contributed by atoms with Gasteiger partial charge in [-0.2, -0.15) is 0 Å². The molecule has 1 aliphatic rings. The molecule has 1 saturated heterocycles. The van der Waals surface area contributed by atoms with E-state index in [-0.39, 0.29) is 0 Å². The Hall–Kier alpha value is -1.50. The van der Waals surface area contributed by atoms with Crippen LogP contribution in [0.2, 0.25) is 5.02 Å². The van der Waals surface area contributed by atoms with Crippen LogP contribution >= 0.6 is 11.6 Å². The number of piperidine rings is 1. The highest BCUT2D eigenvalue weighted by molar-refractivity contribution is 6.31. The Morgan fingerprint density at radius 2 is 2.04 bits per heavy atom. The highest BCUT2D eigenvalue weighted by Gasteiger charge is 2.18. The fourth-order valence-corrected chi connectivity index (χ4v) is 3.61. The summed E-state index contributed by atoms with van der Waals surface area (Å²) < 4.78 is 10.4. The van der Waals surface area contributed by atoms with Gasteiger partial charge in [0.25, 0.3) is 0 Å². The van der Waals surface area contributed by atoms with Gasteiger partial charge >= 0.3 is 0 Å². The molecule has 0 spiro atoms. The van der Waals surface area contributed by atoms with Gasteiger partial charge in [0.15, 0.2) is 5.96 Å². The number of aliphatic imine (C=N–C) groups is 1. The molecule has 1 aromatic rings. The van der Waals surface area contributed by atoms with E-state index >= 15 is 0 Å². The van der Waals surface area contributed by atoms with Crippen LogP contribution in [0.4, 0.5) is 0 Å². The lowest BCUT2D eigenvalue weighted by Crippen LogP contribution is -2.40. The number of hydrogen-bond acceptors (Lipinski definition) is 4. The number of nitrogens with zero attached hydrogens (tertiary/aromatic N) is 2. The summed E-state index contributed by atoms with van der Waals surface area (Å²) >= 11 is 6.33. The second-order valence-electron chi connectivity index (χ2n) is 7.13. The molecule has 0 unspecified atom stereocenters. The molecule has 7 heteroatoms. The molecule has 0 saturated carbocycles. The summed E-state index contributed by atoms with van der Waals surface area (Å²) in [6.45, 7) is 8.73. The Morgan fingerprint density at radius 1 is 1.25 bits per heavy atom. The van der Waals surface area contributed by atoms with Crippen molar-refractivity contribution in [2.45, 2.75) is 26.2 Å². The first kappa shape index (κ1) is 22.8. The second kappa shape index (κ2) is 12.9. The highest BCUT2D eigenvalue weighted by atomic mass is 35.5. The first-order chi connectivity index (χ1) is 13.7. The molecule has 0 atom stereocenters. The third kappa shape index (κ3) is 7.86. The lowest BCUT2D eigenvalue weighted by Gasteiger charge is -2.31. The molecule has 1 aliphatic heterocycles. The molecule has 28 heavy (non-hydrogen) atoms. The summed E-state index contributed by atoms with van der Waals surface area (Å²) in [4.78, 5) is 7.28. The molecule has 0 aliphatic carbocycles. The zero-order valence-corrected chi connectivity index (χ0v) is 18.2. The minimum atomic E-state index is 0.658. The maximum Gasteiger partial charge on any atom is 0.191 e. The maximum atomic E-state index is 6.33. The van der Waals surface area contributed by atoms with Crippen molar-refractivity contribution in [1.29, 1.82) is 0 Å². The van der Waals surface area contributed by atoms with Crippen LogP contribution in [0.25, 0.3) is 0 Å². The molecule has 0 bridgehead atoms.